The first-order valence-electron chi connectivity index (χ1n) is 9.59. The summed E-state index contributed by atoms with van der Waals surface area (Å²) >= 11 is 0. The molecular formula is C22H17F3O7. The first-order chi connectivity index (χ1) is 15.3. The lowest BCUT2D eigenvalue weighted by Gasteiger charge is -2.14. The van der Waals surface area contributed by atoms with Crippen LogP contribution < -0.4 is 19.6 Å². The zero-order valence-corrected chi connectivity index (χ0v) is 16.7. The molecule has 0 amide bonds. The highest BCUT2D eigenvalue weighted by Crippen LogP contribution is 2.39. The predicted molar refractivity (Wildman–Crippen MR) is 105 cm³/mol. The number of methoxy groups -OCH3 is 1. The molecule has 0 saturated carbocycles. The van der Waals surface area contributed by atoms with E-state index >= 15 is 0 Å². The molecule has 2 heterocycles. The predicted octanol–water partition coefficient (Wildman–Crippen LogP) is 4.70. The van der Waals surface area contributed by atoms with Gasteiger partial charge in [-0.15, -0.1) is 0 Å². The van der Waals surface area contributed by atoms with Gasteiger partial charge in [0.1, 0.15) is 22.8 Å². The summed E-state index contributed by atoms with van der Waals surface area (Å²) in [6.45, 7) is 0.428. The van der Waals surface area contributed by atoms with E-state index in [0.717, 1.165) is 6.07 Å². The van der Waals surface area contributed by atoms with E-state index in [1.165, 1.54) is 37.4 Å². The Balaban J connectivity index is 1.74. The third kappa shape index (κ3) is 4.40. The lowest BCUT2D eigenvalue weighted by atomic mass is 10.2. The average molecular weight is 450 g/mol. The van der Waals surface area contributed by atoms with Crippen molar-refractivity contribution in [3.63, 3.8) is 0 Å². The number of alkyl halides is 3. The third-order valence-corrected chi connectivity index (χ3v) is 4.75. The Morgan fingerprint density at radius 3 is 2.56 bits per heavy atom. The summed E-state index contributed by atoms with van der Waals surface area (Å²) in [4.78, 5) is 25.0. The van der Waals surface area contributed by atoms with Crippen molar-refractivity contribution < 1.29 is 41.3 Å². The molecule has 3 aromatic rings. The Kier molecular flexibility index (Phi) is 5.79. The summed E-state index contributed by atoms with van der Waals surface area (Å²) in [5, 5.41) is -0.173. The molecule has 0 N–H and O–H groups in total. The van der Waals surface area contributed by atoms with Crippen LogP contribution in [0.5, 0.6) is 23.0 Å². The second kappa shape index (κ2) is 8.54. The SMILES string of the molecule is COc1cccc(Oc2c(C(F)(F)F)oc3cc(OC(=O)C4CCCO4)ccc3c2=O)c1. The van der Waals surface area contributed by atoms with Crippen LogP contribution in [-0.2, 0) is 15.7 Å². The van der Waals surface area contributed by atoms with Crippen molar-refractivity contribution in [2.24, 2.45) is 0 Å². The molecule has 1 saturated heterocycles. The molecular weight excluding hydrogens is 433 g/mol. The van der Waals surface area contributed by atoms with E-state index < -0.39 is 40.8 Å². The molecule has 0 aliphatic carbocycles. The van der Waals surface area contributed by atoms with Crippen molar-refractivity contribution in [3.05, 3.63) is 58.4 Å². The Morgan fingerprint density at radius 1 is 1.09 bits per heavy atom. The van der Waals surface area contributed by atoms with Crippen molar-refractivity contribution in [3.8, 4) is 23.0 Å². The Hall–Kier alpha value is -3.53. The molecule has 1 aromatic heterocycles. The number of esters is 1. The summed E-state index contributed by atoms with van der Waals surface area (Å²) < 4.78 is 66.7. The number of hydrogen-bond donors (Lipinski definition) is 0. The second-order valence-electron chi connectivity index (χ2n) is 6.95. The lowest BCUT2D eigenvalue weighted by molar-refractivity contribution is -0.154. The van der Waals surface area contributed by atoms with Crippen molar-refractivity contribution in [1.29, 1.82) is 0 Å². The van der Waals surface area contributed by atoms with Crippen molar-refractivity contribution in [2.75, 3.05) is 13.7 Å². The van der Waals surface area contributed by atoms with Crippen LogP contribution >= 0.6 is 0 Å². The normalized spacial score (nSPS) is 16.2. The molecule has 0 bridgehead atoms. The number of carbonyl (C=O) groups is 1. The third-order valence-electron chi connectivity index (χ3n) is 4.75. The lowest BCUT2D eigenvalue weighted by Crippen LogP contribution is -2.24. The van der Waals surface area contributed by atoms with Gasteiger partial charge in [-0.2, -0.15) is 13.2 Å². The standard InChI is InChI=1S/C22H17F3O7/c1-28-12-4-2-5-13(10-12)30-19-18(26)15-8-7-14(31-21(27)16-6-3-9-29-16)11-17(15)32-20(19)22(23,24)25/h2,4-5,7-8,10-11,16H,3,6,9H2,1H3. The monoisotopic (exact) mass is 450 g/mol. The zero-order chi connectivity index (χ0) is 22.9. The summed E-state index contributed by atoms with van der Waals surface area (Å²) in [6.07, 6.45) is -4.56. The number of carbonyl (C=O) groups excluding carboxylic acids is 1. The Morgan fingerprint density at radius 2 is 1.88 bits per heavy atom. The van der Waals surface area contributed by atoms with E-state index in [0.29, 0.717) is 25.2 Å². The molecule has 1 fully saturated rings. The highest BCUT2D eigenvalue weighted by Gasteiger charge is 2.40. The fraction of sp³-hybridized carbons (Fsp3) is 0.273. The Labute approximate surface area is 179 Å². The smallest absolute Gasteiger partial charge is 0.453 e. The largest absolute Gasteiger partial charge is 0.497 e. The topological polar surface area (TPSA) is 84.2 Å². The summed E-state index contributed by atoms with van der Waals surface area (Å²) in [5.41, 5.74) is -1.43. The molecule has 4 rings (SSSR count). The van der Waals surface area contributed by atoms with Gasteiger partial charge in [0, 0.05) is 18.7 Å². The summed E-state index contributed by atoms with van der Waals surface area (Å²) in [7, 11) is 1.38. The van der Waals surface area contributed by atoms with Gasteiger partial charge >= 0.3 is 12.1 Å². The van der Waals surface area contributed by atoms with Crippen LogP contribution in [0.15, 0.2) is 51.7 Å². The van der Waals surface area contributed by atoms with Gasteiger partial charge in [-0.05, 0) is 37.1 Å². The van der Waals surface area contributed by atoms with Crippen LogP contribution in [0, 0.1) is 0 Å². The minimum atomic E-state index is -5.02. The minimum Gasteiger partial charge on any atom is -0.497 e. The maximum atomic E-state index is 13.7. The molecule has 1 unspecified atom stereocenters. The molecule has 7 nitrogen and oxygen atoms in total. The van der Waals surface area contributed by atoms with Crippen LogP contribution in [0.4, 0.5) is 13.2 Å². The number of halogens is 3. The summed E-state index contributed by atoms with van der Waals surface area (Å²) in [6, 6.07) is 9.32. The number of fused-ring (bicyclic) bond motifs is 1. The number of hydrogen-bond acceptors (Lipinski definition) is 7. The van der Waals surface area contributed by atoms with Gasteiger partial charge in [-0.1, -0.05) is 6.07 Å². The minimum absolute atomic E-state index is 0.0383. The van der Waals surface area contributed by atoms with E-state index in [1.807, 2.05) is 0 Å². The molecule has 0 radical (unpaired) electrons. The second-order valence-corrected chi connectivity index (χ2v) is 6.95. The first kappa shape index (κ1) is 21.7. The number of rotatable bonds is 5. The maximum absolute atomic E-state index is 13.7. The number of benzene rings is 2. The van der Waals surface area contributed by atoms with E-state index in [1.54, 1.807) is 6.07 Å². The molecule has 1 atom stereocenters. The molecule has 168 valence electrons. The van der Waals surface area contributed by atoms with Gasteiger partial charge < -0.3 is 23.4 Å². The molecule has 1 aliphatic rings. The highest BCUT2D eigenvalue weighted by atomic mass is 19.4. The highest BCUT2D eigenvalue weighted by molar-refractivity contribution is 5.82. The van der Waals surface area contributed by atoms with E-state index in [2.05, 4.69) is 0 Å². The van der Waals surface area contributed by atoms with Gasteiger partial charge in [0.05, 0.1) is 12.5 Å². The molecule has 0 spiro atoms. The first-order valence-corrected chi connectivity index (χ1v) is 9.59. The van der Waals surface area contributed by atoms with Gasteiger partial charge in [0.25, 0.3) is 5.76 Å². The van der Waals surface area contributed by atoms with E-state index in [9.17, 15) is 22.8 Å². The van der Waals surface area contributed by atoms with Crippen LogP contribution in [0.1, 0.15) is 18.6 Å². The zero-order valence-electron chi connectivity index (χ0n) is 16.7. The Bertz CT molecular complexity index is 1210. The van der Waals surface area contributed by atoms with Crippen molar-refractivity contribution in [2.45, 2.75) is 25.1 Å². The molecule has 1 aliphatic heterocycles. The number of ether oxygens (including phenoxy) is 4. The van der Waals surface area contributed by atoms with Gasteiger partial charge in [0.2, 0.25) is 11.2 Å². The molecule has 32 heavy (non-hydrogen) atoms. The fourth-order valence-electron chi connectivity index (χ4n) is 3.23. The van der Waals surface area contributed by atoms with Crippen LogP contribution in [0.3, 0.4) is 0 Å². The molecule has 10 heteroatoms. The van der Waals surface area contributed by atoms with Gasteiger partial charge in [0.15, 0.2) is 6.10 Å². The quantitative estimate of drug-likeness (QED) is 0.412. The van der Waals surface area contributed by atoms with Crippen molar-refractivity contribution in [1.82, 2.24) is 0 Å². The van der Waals surface area contributed by atoms with E-state index in [4.69, 9.17) is 23.4 Å². The van der Waals surface area contributed by atoms with Crippen LogP contribution in [0.25, 0.3) is 11.0 Å². The summed E-state index contributed by atoms with van der Waals surface area (Å²) in [5.74, 6) is -3.07. The van der Waals surface area contributed by atoms with Crippen molar-refractivity contribution >= 4 is 16.9 Å². The van der Waals surface area contributed by atoms with Gasteiger partial charge in [-0.25, -0.2) is 4.79 Å². The van der Waals surface area contributed by atoms with Crippen LogP contribution in [-0.4, -0.2) is 25.8 Å². The average Bonchev–Trinajstić information content (AvgIpc) is 3.30. The van der Waals surface area contributed by atoms with E-state index in [-0.39, 0.29) is 16.9 Å². The van der Waals surface area contributed by atoms with Crippen LogP contribution in [0.2, 0.25) is 0 Å². The van der Waals surface area contributed by atoms with Gasteiger partial charge in [-0.3, -0.25) is 4.79 Å². The fourth-order valence-corrected chi connectivity index (χ4v) is 3.23. The maximum Gasteiger partial charge on any atom is 0.453 e. The molecule has 2 aromatic carbocycles.